The quantitative estimate of drug-likeness (QED) is 0.822. The zero-order chi connectivity index (χ0) is 17.9. The van der Waals surface area contributed by atoms with E-state index in [4.69, 9.17) is 4.74 Å². The summed E-state index contributed by atoms with van der Waals surface area (Å²) in [7, 11) is 0. The molecule has 0 aromatic rings. The molecular formula is C19H38N2O2. The van der Waals surface area contributed by atoms with Crippen molar-refractivity contribution < 1.29 is 9.53 Å². The Morgan fingerprint density at radius 1 is 1.17 bits per heavy atom. The molecule has 4 heteroatoms. The summed E-state index contributed by atoms with van der Waals surface area (Å²) < 4.78 is 5.57. The number of amides is 1. The number of nitrogens with zero attached hydrogens (tertiary/aromatic N) is 1. The molecule has 1 saturated carbocycles. The Labute approximate surface area is 143 Å². The molecule has 0 saturated heterocycles. The van der Waals surface area contributed by atoms with E-state index in [9.17, 15) is 4.79 Å². The van der Waals surface area contributed by atoms with Crippen molar-refractivity contribution in [3.05, 3.63) is 0 Å². The predicted octanol–water partition coefficient (Wildman–Crippen LogP) is 4.58. The van der Waals surface area contributed by atoms with Gasteiger partial charge in [0, 0.05) is 24.7 Å². The van der Waals surface area contributed by atoms with E-state index in [2.05, 4.69) is 39.9 Å². The standard InChI is InChI=1S/C19H38N2O2/c1-17(2,3)21(16(22)23-18(4,5)6)14-13-20-15-11-9-10-12-19(15,7)8/h15,20H,9-14H2,1-8H3. The molecule has 0 aromatic carbocycles. The smallest absolute Gasteiger partial charge is 0.410 e. The number of rotatable bonds is 4. The summed E-state index contributed by atoms with van der Waals surface area (Å²) in [6.45, 7) is 18.1. The second-order valence-electron chi connectivity index (χ2n) is 9.54. The lowest BCUT2D eigenvalue weighted by Gasteiger charge is -2.41. The lowest BCUT2D eigenvalue weighted by atomic mass is 9.73. The molecule has 23 heavy (non-hydrogen) atoms. The van der Waals surface area contributed by atoms with Gasteiger partial charge < -0.3 is 15.0 Å². The van der Waals surface area contributed by atoms with Crippen molar-refractivity contribution in [2.24, 2.45) is 5.41 Å². The molecule has 0 bridgehead atoms. The average molecular weight is 327 g/mol. The number of ether oxygens (including phenoxy) is 1. The molecule has 1 fully saturated rings. The van der Waals surface area contributed by atoms with Gasteiger partial charge in [-0.3, -0.25) is 0 Å². The topological polar surface area (TPSA) is 41.6 Å². The third kappa shape index (κ3) is 6.70. The van der Waals surface area contributed by atoms with Crippen LogP contribution in [0.3, 0.4) is 0 Å². The summed E-state index contributed by atoms with van der Waals surface area (Å²) >= 11 is 0. The molecule has 0 radical (unpaired) electrons. The van der Waals surface area contributed by atoms with Crippen LogP contribution in [0.1, 0.15) is 81.1 Å². The fraction of sp³-hybridized carbons (Fsp3) is 0.947. The predicted molar refractivity (Wildman–Crippen MR) is 96.7 cm³/mol. The molecule has 0 aliphatic heterocycles. The SMILES string of the molecule is CC(C)(C)OC(=O)N(CCNC1CCCCC1(C)C)C(C)(C)C. The molecule has 0 spiro atoms. The van der Waals surface area contributed by atoms with E-state index < -0.39 is 5.60 Å². The van der Waals surface area contributed by atoms with E-state index in [-0.39, 0.29) is 11.6 Å². The molecule has 1 N–H and O–H groups in total. The minimum absolute atomic E-state index is 0.227. The number of hydrogen-bond donors (Lipinski definition) is 1. The van der Waals surface area contributed by atoms with Gasteiger partial charge in [-0.15, -0.1) is 0 Å². The first-order chi connectivity index (χ1) is 10.3. The van der Waals surface area contributed by atoms with Crippen LogP contribution in [0.2, 0.25) is 0 Å². The maximum absolute atomic E-state index is 12.5. The van der Waals surface area contributed by atoms with Gasteiger partial charge in [0.1, 0.15) is 5.60 Å². The largest absolute Gasteiger partial charge is 0.444 e. The molecule has 0 heterocycles. The van der Waals surface area contributed by atoms with Gasteiger partial charge in [0.05, 0.1) is 0 Å². The van der Waals surface area contributed by atoms with Gasteiger partial charge in [0.15, 0.2) is 0 Å². The third-order valence-corrected chi connectivity index (χ3v) is 4.66. The average Bonchev–Trinajstić information content (AvgIpc) is 2.31. The highest BCUT2D eigenvalue weighted by Gasteiger charge is 2.33. The van der Waals surface area contributed by atoms with Crippen molar-refractivity contribution in [1.82, 2.24) is 10.2 Å². The Morgan fingerprint density at radius 3 is 2.26 bits per heavy atom. The molecule has 0 aromatic heterocycles. The van der Waals surface area contributed by atoms with Gasteiger partial charge in [-0.2, -0.15) is 0 Å². The summed E-state index contributed by atoms with van der Waals surface area (Å²) in [5.74, 6) is 0. The summed E-state index contributed by atoms with van der Waals surface area (Å²) in [6.07, 6.45) is 4.91. The highest BCUT2D eigenvalue weighted by atomic mass is 16.6. The van der Waals surface area contributed by atoms with Crippen molar-refractivity contribution in [1.29, 1.82) is 0 Å². The molecular weight excluding hydrogens is 288 g/mol. The summed E-state index contributed by atoms with van der Waals surface area (Å²) in [5, 5.41) is 3.68. The molecule has 1 aliphatic rings. The van der Waals surface area contributed by atoms with Gasteiger partial charge >= 0.3 is 6.09 Å². The maximum Gasteiger partial charge on any atom is 0.410 e. The molecule has 1 unspecified atom stereocenters. The van der Waals surface area contributed by atoms with E-state index in [0.29, 0.717) is 18.0 Å². The molecule has 1 atom stereocenters. The third-order valence-electron chi connectivity index (χ3n) is 4.66. The molecule has 136 valence electrons. The van der Waals surface area contributed by atoms with Crippen LogP contribution in [-0.4, -0.2) is 41.3 Å². The van der Waals surface area contributed by atoms with Crippen molar-refractivity contribution >= 4 is 6.09 Å². The van der Waals surface area contributed by atoms with E-state index in [0.717, 1.165) is 6.54 Å². The highest BCUT2D eigenvalue weighted by molar-refractivity contribution is 5.69. The first-order valence-corrected chi connectivity index (χ1v) is 9.07. The maximum atomic E-state index is 12.5. The van der Waals surface area contributed by atoms with Gasteiger partial charge in [-0.1, -0.05) is 26.7 Å². The first kappa shape index (κ1) is 20.3. The highest BCUT2D eigenvalue weighted by Crippen LogP contribution is 2.35. The van der Waals surface area contributed by atoms with Crippen molar-refractivity contribution in [3.63, 3.8) is 0 Å². The van der Waals surface area contributed by atoms with Gasteiger partial charge in [0.25, 0.3) is 0 Å². The second-order valence-corrected chi connectivity index (χ2v) is 9.54. The Hall–Kier alpha value is -0.770. The van der Waals surface area contributed by atoms with Crippen LogP contribution >= 0.6 is 0 Å². The summed E-state index contributed by atoms with van der Waals surface area (Å²) in [4.78, 5) is 14.3. The van der Waals surface area contributed by atoms with Crippen LogP contribution in [0, 0.1) is 5.41 Å². The molecule has 4 nitrogen and oxygen atoms in total. The van der Waals surface area contributed by atoms with Crippen LogP contribution in [-0.2, 0) is 4.74 Å². The van der Waals surface area contributed by atoms with Crippen molar-refractivity contribution in [3.8, 4) is 0 Å². The Kier molecular flexibility index (Phi) is 6.54. The zero-order valence-electron chi connectivity index (χ0n) is 16.6. The minimum Gasteiger partial charge on any atom is -0.444 e. The van der Waals surface area contributed by atoms with Crippen LogP contribution in [0.5, 0.6) is 0 Å². The number of nitrogens with one attached hydrogen (secondary N) is 1. The van der Waals surface area contributed by atoms with Crippen LogP contribution in [0.15, 0.2) is 0 Å². The number of carbonyl (C=O) groups is 1. The molecule has 1 aliphatic carbocycles. The first-order valence-electron chi connectivity index (χ1n) is 9.07. The summed E-state index contributed by atoms with van der Waals surface area (Å²) in [6, 6.07) is 0.539. The van der Waals surface area contributed by atoms with Crippen molar-refractivity contribution in [2.75, 3.05) is 13.1 Å². The number of carbonyl (C=O) groups excluding carboxylic acids is 1. The van der Waals surface area contributed by atoms with E-state index in [1.807, 2.05) is 25.7 Å². The Bertz CT molecular complexity index is 391. The van der Waals surface area contributed by atoms with Crippen LogP contribution < -0.4 is 5.32 Å². The van der Waals surface area contributed by atoms with E-state index >= 15 is 0 Å². The van der Waals surface area contributed by atoms with Crippen LogP contribution in [0.25, 0.3) is 0 Å². The lowest BCUT2D eigenvalue weighted by molar-refractivity contribution is 0.00597. The fourth-order valence-corrected chi connectivity index (χ4v) is 3.24. The zero-order valence-corrected chi connectivity index (χ0v) is 16.6. The monoisotopic (exact) mass is 326 g/mol. The molecule has 1 rings (SSSR count). The van der Waals surface area contributed by atoms with Gasteiger partial charge in [0.2, 0.25) is 0 Å². The minimum atomic E-state index is -0.459. The molecule has 1 amide bonds. The fourth-order valence-electron chi connectivity index (χ4n) is 3.24. The van der Waals surface area contributed by atoms with Gasteiger partial charge in [-0.25, -0.2) is 4.79 Å². The van der Waals surface area contributed by atoms with E-state index in [1.54, 1.807) is 0 Å². The lowest BCUT2D eigenvalue weighted by Crippen LogP contribution is -2.52. The van der Waals surface area contributed by atoms with Gasteiger partial charge in [-0.05, 0) is 59.8 Å². The Morgan fingerprint density at radius 2 is 1.78 bits per heavy atom. The van der Waals surface area contributed by atoms with Crippen molar-refractivity contribution in [2.45, 2.75) is 98.3 Å². The normalized spacial score (nSPS) is 21.8. The van der Waals surface area contributed by atoms with Crippen LogP contribution in [0.4, 0.5) is 4.79 Å². The van der Waals surface area contributed by atoms with E-state index in [1.165, 1.54) is 25.7 Å². The summed E-state index contributed by atoms with van der Waals surface area (Å²) in [5.41, 5.74) is -0.359. The Balaban J connectivity index is 2.60. The number of hydrogen-bond acceptors (Lipinski definition) is 3. The second kappa shape index (κ2) is 7.42.